The normalized spacial score (nSPS) is 17.5. The van der Waals surface area contributed by atoms with Crippen LogP contribution in [0.2, 0.25) is 0 Å². The van der Waals surface area contributed by atoms with Crippen molar-refractivity contribution in [2.45, 2.75) is 19.9 Å². The Hall–Kier alpha value is -1.29. The Labute approximate surface area is 77.5 Å². The molecule has 0 radical (unpaired) electrons. The van der Waals surface area contributed by atoms with Gasteiger partial charge in [0.25, 0.3) is 5.91 Å². The van der Waals surface area contributed by atoms with E-state index >= 15 is 0 Å². The van der Waals surface area contributed by atoms with Crippen LogP contribution >= 0.6 is 0 Å². The van der Waals surface area contributed by atoms with Crippen molar-refractivity contribution in [2.24, 2.45) is 0 Å². The molecule has 0 aromatic heterocycles. The van der Waals surface area contributed by atoms with Crippen molar-refractivity contribution in [3.05, 3.63) is 24.2 Å². The van der Waals surface area contributed by atoms with Crippen LogP contribution in [0.3, 0.4) is 0 Å². The highest BCUT2D eigenvalue weighted by Gasteiger charge is 2.21. The SMILES string of the molecule is C=C1NC(=O)C(CO)=CN1C(C)C. The van der Waals surface area contributed by atoms with Gasteiger partial charge >= 0.3 is 0 Å². The fourth-order valence-electron chi connectivity index (χ4n) is 1.15. The predicted octanol–water partition coefficient (Wildman–Crippen LogP) is 0.174. The van der Waals surface area contributed by atoms with Crippen LogP contribution < -0.4 is 5.32 Å². The first-order chi connectivity index (χ1) is 6.06. The van der Waals surface area contributed by atoms with Gasteiger partial charge in [0.05, 0.1) is 12.2 Å². The van der Waals surface area contributed by atoms with E-state index in [1.54, 1.807) is 6.20 Å². The molecule has 1 aliphatic heterocycles. The molecular weight excluding hydrogens is 168 g/mol. The molecule has 1 amide bonds. The van der Waals surface area contributed by atoms with Crippen molar-refractivity contribution < 1.29 is 9.90 Å². The quantitative estimate of drug-likeness (QED) is 0.640. The number of hydrogen-bond donors (Lipinski definition) is 2. The maximum atomic E-state index is 11.2. The number of rotatable bonds is 2. The second-order valence-electron chi connectivity index (χ2n) is 3.21. The molecule has 4 nitrogen and oxygen atoms in total. The summed E-state index contributed by atoms with van der Waals surface area (Å²) in [7, 11) is 0. The highest BCUT2D eigenvalue weighted by molar-refractivity contribution is 5.95. The topological polar surface area (TPSA) is 52.6 Å². The number of amides is 1. The molecule has 1 rings (SSSR count). The van der Waals surface area contributed by atoms with Crippen molar-refractivity contribution in [3.63, 3.8) is 0 Å². The van der Waals surface area contributed by atoms with Gasteiger partial charge in [-0.2, -0.15) is 0 Å². The number of aliphatic hydroxyl groups is 1. The summed E-state index contributed by atoms with van der Waals surface area (Å²) in [5, 5.41) is 11.4. The molecular formula is C9H14N2O2. The minimum atomic E-state index is -0.274. The second kappa shape index (κ2) is 3.62. The minimum Gasteiger partial charge on any atom is -0.391 e. The molecule has 13 heavy (non-hydrogen) atoms. The molecule has 0 fully saturated rings. The molecule has 72 valence electrons. The zero-order valence-corrected chi connectivity index (χ0v) is 7.87. The fourth-order valence-corrected chi connectivity index (χ4v) is 1.15. The van der Waals surface area contributed by atoms with Crippen LogP contribution in [0.15, 0.2) is 24.2 Å². The Morgan fingerprint density at radius 3 is 2.77 bits per heavy atom. The van der Waals surface area contributed by atoms with Gasteiger partial charge in [0, 0.05) is 12.2 Å². The molecule has 4 heteroatoms. The zero-order chi connectivity index (χ0) is 10.0. The molecule has 0 aromatic rings. The second-order valence-corrected chi connectivity index (χ2v) is 3.21. The summed E-state index contributed by atoms with van der Waals surface area (Å²) in [6.07, 6.45) is 1.63. The summed E-state index contributed by atoms with van der Waals surface area (Å²) in [5.41, 5.74) is 0.362. The van der Waals surface area contributed by atoms with Crippen LogP contribution in [0, 0.1) is 0 Å². The van der Waals surface area contributed by atoms with Gasteiger partial charge in [-0.3, -0.25) is 4.79 Å². The molecule has 1 aliphatic rings. The van der Waals surface area contributed by atoms with Crippen LogP contribution in [0.4, 0.5) is 0 Å². The van der Waals surface area contributed by atoms with E-state index in [2.05, 4.69) is 11.9 Å². The molecule has 0 atom stereocenters. The molecule has 0 spiro atoms. The largest absolute Gasteiger partial charge is 0.391 e. The number of hydrogen-bond acceptors (Lipinski definition) is 3. The summed E-state index contributed by atoms with van der Waals surface area (Å²) in [4.78, 5) is 13.0. The predicted molar refractivity (Wildman–Crippen MR) is 49.4 cm³/mol. The Kier molecular flexibility index (Phi) is 2.72. The van der Waals surface area contributed by atoms with Crippen molar-refractivity contribution in [1.82, 2.24) is 10.2 Å². The highest BCUT2D eigenvalue weighted by Crippen LogP contribution is 2.13. The smallest absolute Gasteiger partial charge is 0.256 e. The van der Waals surface area contributed by atoms with Gasteiger partial charge in [0.15, 0.2) is 0 Å². The highest BCUT2D eigenvalue weighted by atomic mass is 16.3. The Morgan fingerprint density at radius 1 is 1.69 bits per heavy atom. The molecule has 0 unspecified atom stereocenters. The third kappa shape index (κ3) is 1.89. The summed E-state index contributed by atoms with van der Waals surface area (Å²) in [5.74, 6) is 0.279. The first-order valence-electron chi connectivity index (χ1n) is 4.16. The van der Waals surface area contributed by atoms with E-state index in [1.807, 2.05) is 18.7 Å². The summed E-state index contributed by atoms with van der Waals surface area (Å²) in [6, 6.07) is 0.217. The van der Waals surface area contributed by atoms with Gasteiger partial charge in [-0.25, -0.2) is 0 Å². The summed E-state index contributed by atoms with van der Waals surface area (Å²) < 4.78 is 0. The number of aliphatic hydroxyl groups excluding tert-OH is 1. The fraction of sp³-hybridized carbons (Fsp3) is 0.444. The van der Waals surface area contributed by atoms with E-state index in [-0.39, 0.29) is 18.6 Å². The van der Waals surface area contributed by atoms with Gasteiger partial charge in [0.1, 0.15) is 5.82 Å². The first kappa shape index (κ1) is 9.80. The van der Waals surface area contributed by atoms with E-state index in [9.17, 15) is 4.79 Å². The summed E-state index contributed by atoms with van der Waals surface area (Å²) in [6.45, 7) is 7.42. The number of carbonyl (C=O) groups is 1. The summed E-state index contributed by atoms with van der Waals surface area (Å²) >= 11 is 0. The lowest BCUT2D eigenvalue weighted by molar-refractivity contribution is -0.118. The van der Waals surface area contributed by atoms with Crippen LogP contribution in [0.25, 0.3) is 0 Å². The lowest BCUT2D eigenvalue weighted by Gasteiger charge is -2.31. The minimum absolute atomic E-state index is 0.217. The van der Waals surface area contributed by atoms with E-state index < -0.39 is 0 Å². The Morgan fingerprint density at radius 2 is 2.31 bits per heavy atom. The molecule has 0 aromatic carbocycles. The lowest BCUT2D eigenvalue weighted by atomic mass is 10.2. The van der Waals surface area contributed by atoms with E-state index in [0.717, 1.165) is 0 Å². The van der Waals surface area contributed by atoms with E-state index in [1.165, 1.54) is 0 Å². The van der Waals surface area contributed by atoms with Crippen molar-refractivity contribution in [3.8, 4) is 0 Å². The van der Waals surface area contributed by atoms with Crippen molar-refractivity contribution in [2.75, 3.05) is 6.61 Å². The van der Waals surface area contributed by atoms with Gasteiger partial charge in [-0.1, -0.05) is 6.58 Å². The maximum absolute atomic E-state index is 11.2. The number of nitrogens with zero attached hydrogens (tertiary/aromatic N) is 1. The zero-order valence-electron chi connectivity index (χ0n) is 7.87. The maximum Gasteiger partial charge on any atom is 0.256 e. The van der Waals surface area contributed by atoms with Crippen LogP contribution in [-0.4, -0.2) is 28.6 Å². The van der Waals surface area contributed by atoms with Gasteiger partial charge in [-0.05, 0) is 13.8 Å². The average molecular weight is 182 g/mol. The van der Waals surface area contributed by atoms with Crippen molar-refractivity contribution in [1.29, 1.82) is 0 Å². The monoisotopic (exact) mass is 182 g/mol. The molecule has 0 aliphatic carbocycles. The van der Waals surface area contributed by atoms with Crippen LogP contribution in [-0.2, 0) is 4.79 Å². The average Bonchev–Trinajstić information content (AvgIpc) is 2.03. The number of nitrogens with one attached hydrogen (secondary N) is 1. The van der Waals surface area contributed by atoms with Gasteiger partial charge < -0.3 is 15.3 Å². The van der Waals surface area contributed by atoms with Crippen LogP contribution in [0.1, 0.15) is 13.8 Å². The standard InChI is InChI=1S/C9H14N2O2/c1-6(2)11-4-8(5-12)9(13)10-7(11)3/h4,6,12H,3,5H2,1-2H3,(H,10,13). The van der Waals surface area contributed by atoms with E-state index in [0.29, 0.717) is 11.4 Å². The van der Waals surface area contributed by atoms with Gasteiger partial charge in [0.2, 0.25) is 0 Å². The van der Waals surface area contributed by atoms with Crippen molar-refractivity contribution >= 4 is 5.91 Å². The Bertz CT molecular complexity index is 269. The molecule has 0 saturated carbocycles. The molecule has 0 saturated heterocycles. The molecule has 0 bridgehead atoms. The third-order valence-electron chi connectivity index (χ3n) is 1.88. The lowest BCUT2D eigenvalue weighted by Crippen LogP contribution is -2.41. The third-order valence-corrected chi connectivity index (χ3v) is 1.88. The Balaban J connectivity index is 2.92. The van der Waals surface area contributed by atoms with E-state index in [4.69, 9.17) is 5.11 Å². The van der Waals surface area contributed by atoms with Crippen LogP contribution in [0.5, 0.6) is 0 Å². The number of carbonyl (C=O) groups excluding carboxylic acids is 1. The molecule has 2 N–H and O–H groups in total. The van der Waals surface area contributed by atoms with Gasteiger partial charge in [-0.15, -0.1) is 0 Å². The first-order valence-corrected chi connectivity index (χ1v) is 4.16. The molecule has 1 heterocycles.